The van der Waals surface area contributed by atoms with Crippen LogP contribution in [-0.2, 0) is 16.6 Å². The van der Waals surface area contributed by atoms with Gasteiger partial charge in [0.25, 0.3) is 5.91 Å². The van der Waals surface area contributed by atoms with Crippen LogP contribution in [0.4, 0.5) is 4.39 Å². The molecule has 0 heterocycles. The van der Waals surface area contributed by atoms with Gasteiger partial charge in [-0.05, 0) is 43.5 Å². The van der Waals surface area contributed by atoms with E-state index in [4.69, 9.17) is 0 Å². The number of hydrogen-bond acceptors (Lipinski definition) is 3. The monoisotopic (exact) mass is 418 g/mol. The molecule has 5 nitrogen and oxygen atoms in total. The fourth-order valence-corrected chi connectivity index (χ4v) is 4.89. The van der Waals surface area contributed by atoms with Crippen LogP contribution in [0.25, 0.3) is 0 Å². The van der Waals surface area contributed by atoms with Crippen LogP contribution in [0.1, 0.15) is 48.2 Å². The number of amides is 1. The number of benzene rings is 2. The lowest BCUT2D eigenvalue weighted by Crippen LogP contribution is -2.34. The number of hydrogen-bond donors (Lipinski definition) is 0. The maximum Gasteiger partial charge on any atom is 0.254 e. The molecule has 2 aromatic rings. The highest BCUT2D eigenvalue weighted by molar-refractivity contribution is 7.89. The van der Waals surface area contributed by atoms with Crippen molar-refractivity contribution in [2.45, 2.75) is 51.1 Å². The number of carbonyl (C=O) groups is 1. The molecule has 0 unspecified atom stereocenters. The number of rotatable bonds is 8. The number of carbonyl (C=O) groups excluding carboxylic acids is 1. The highest BCUT2D eigenvalue weighted by Crippen LogP contribution is 2.31. The van der Waals surface area contributed by atoms with Crippen molar-refractivity contribution in [2.75, 3.05) is 13.1 Å². The van der Waals surface area contributed by atoms with Crippen LogP contribution in [0, 0.1) is 12.7 Å². The minimum Gasteiger partial charge on any atom is -0.331 e. The summed E-state index contributed by atoms with van der Waals surface area (Å²) in [7, 11) is -3.99. The zero-order valence-corrected chi connectivity index (χ0v) is 17.9. The second-order valence-electron chi connectivity index (χ2n) is 7.38. The fraction of sp³-hybridized carbons (Fsp3) is 0.409. The number of sulfonamides is 1. The predicted molar refractivity (Wildman–Crippen MR) is 111 cm³/mol. The van der Waals surface area contributed by atoms with Crippen LogP contribution in [0.5, 0.6) is 0 Å². The van der Waals surface area contributed by atoms with Crippen LogP contribution in [0.2, 0.25) is 0 Å². The van der Waals surface area contributed by atoms with Crippen molar-refractivity contribution in [2.24, 2.45) is 0 Å². The summed E-state index contributed by atoms with van der Waals surface area (Å²) in [6.07, 6.45) is 1.84. The summed E-state index contributed by atoms with van der Waals surface area (Å²) in [4.78, 5) is 14.5. The molecule has 0 radical (unpaired) electrons. The minimum absolute atomic E-state index is 0.136. The highest BCUT2D eigenvalue weighted by atomic mass is 32.2. The van der Waals surface area contributed by atoms with Gasteiger partial charge in [0, 0.05) is 31.2 Å². The van der Waals surface area contributed by atoms with E-state index in [9.17, 15) is 17.6 Å². The van der Waals surface area contributed by atoms with Crippen LogP contribution in [0.3, 0.4) is 0 Å². The molecular formula is C22H27FN2O3S. The average molecular weight is 419 g/mol. The van der Waals surface area contributed by atoms with Gasteiger partial charge < -0.3 is 4.90 Å². The summed E-state index contributed by atoms with van der Waals surface area (Å²) in [5, 5.41) is 0. The molecule has 0 N–H and O–H groups in total. The molecule has 0 bridgehead atoms. The first kappa shape index (κ1) is 21.5. The zero-order chi connectivity index (χ0) is 21.2. The van der Waals surface area contributed by atoms with Crippen LogP contribution >= 0.6 is 0 Å². The van der Waals surface area contributed by atoms with E-state index in [-0.39, 0.29) is 30.6 Å². The molecule has 0 atom stereocenters. The fourth-order valence-electron chi connectivity index (χ4n) is 3.35. The van der Waals surface area contributed by atoms with E-state index in [0.29, 0.717) is 6.54 Å². The van der Waals surface area contributed by atoms with Crippen molar-refractivity contribution in [1.82, 2.24) is 9.21 Å². The molecule has 0 aliphatic heterocycles. The molecule has 1 saturated carbocycles. The lowest BCUT2D eigenvalue weighted by Gasteiger charge is -2.24. The Bertz CT molecular complexity index is 982. The first-order valence-corrected chi connectivity index (χ1v) is 11.4. The van der Waals surface area contributed by atoms with Crippen molar-refractivity contribution in [1.29, 1.82) is 0 Å². The minimum atomic E-state index is -3.99. The van der Waals surface area contributed by atoms with E-state index in [1.165, 1.54) is 16.4 Å². The maximum atomic E-state index is 14.4. The van der Waals surface area contributed by atoms with E-state index in [1.54, 1.807) is 18.7 Å². The number of halogens is 1. The third-order valence-corrected chi connectivity index (χ3v) is 7.29. The Hall–Kier alpha value is -2.25. The van der Waals surface area contributed by atoms with Gasteiger partial charge in [-0.3, -0.25) is 4.79 Å². The number of nitrogens with zero attached hydrogens (tertiary/aromatic N) is 2. The summed E-state index contributed by atoms with van der Waals surface area (Å²) < 4.78 is 41.2. The molecule has 1 amide bonds. The molecule has 29 heavy (non-hydrogen) atoms. The van der Waals surface area contributed by atoms with Crippen LogP contribution in [0.15, 0.2) is 47.4 Å². The summed E-state index contributed by atoms with van der Waals surface area (Å²) in [5.41, 5.74) is 2.34. The van der Waals surface area contributed by atoms with E-state index in [0.717, 1.165) is 30.0 Å². The van der Waals surface area contributed by atoms with Gasteiger partial charge in [0.05, 0.1) is 0 Å². The van der Waals surface area contributed by atoms with E-state index in [2.05, 4.69) is 0 Å². The Morgan fingerprint density at radius 2 is 1.69 bits per heavy atom. The second kappa shape index (κ2) is 8.63. The van der Waals surface area contributed by atoms with E-state index in [1.807, 2.05) is 31.2 Å². The second-order valence-corrected chi connectivity index (χ2v) is 9.29. The van der Waals surface area contributed by atoms with Crippen LogP contribution in [-0.4, -0.2) is 42.7 Å². The van der Waals surface area contributed by atoms with Gasteiger partial charge in [-0.1, -0.05) is 43.7 Å². The topological polar surface area (TPSA) is 57.7 Å². The van der Waals surface area contributed by atoms with Gasteiger partial charge in [-0.2, -0.15) is 4.31 Å². The Morgan fingerprint density at radius 1 is 1.07 bits per heavy atom. The van der Waals surface area contributed by atoms with E-state index >= 15 is 0 Å². The summed E-state index contributed by atoms with van der Waals surface area (Å²) >= 11 is 0. The molecule has 0 aromatic heterocycles. The van der Waals surface area contributed by atoms with Gasteiger partial charge in [-0.25, -0.2) is 12.8 Å². The third kappa shape index (κ3) is 4.67. The smallest absolute Gasteiger partial charge is 0.254 e. The molecule has 7 heteroatoms. The molecule has 156 valence electrons. The van der Waals surface area contributed by atoms with Crippen molar-refractivity contribution in [3.63, 3.8) is 0 Å². The molecule has 0 saturated heterocycles. The van der Waals surface area contributed by atoms with E-state index < -0.39 is 20.7 Å². The molecule has 1 aliphatic carbocycles. The lowest BCUT2D eigenvalue weighted by molar-refractivity contribution is 0.0729. The van der Waals surface area contributed by atoms with Crippen molar-refractivity contribution >= 4 is 15.9 Å². The predicted octanol–water partition coefficient (Wildman–Crippen LogP) is 3.97. The maximum absolute atomic E-state index is 14.4. The molecule has 3 rings (SSSR count). The quantitative estimate of drug-likeness (QED) is 0.652. The van der Waals surface area contributed by atoms with Gasteiger partial charge >= 0.3 is 0 Å². The largest absolute Gasteiger partial charge is 0.331 e. The Labute approximate surface area is 172 Å². The molecule has 1 fully saturated rings. The SMILES string of the molecule is CCN(CC)S(=O)(=O)c1cc(C(=O)N(Cc2ccc(C)cc2)C2CC2)ccc1F. The van der Waals surface area contributed by atoms with Gasteiger partial charge in [-0.15, -0.1) is 0 Å². The standard InChI is InChI=1S/C22H27FN2O3S/c1-4-24(5-2)29(27,28)21-14-18(10-13-20(21)23)22(26)25(19-11-12-19)15-17-8-6-16(3)7-9-17/h6-10,13-14,19H,4-5,11-12,15H2,1-3H3. The number of aryl methyl sites for hydroxylation is 1. The molecular weight excluding hydrogens is 391 g/mol. The zero-order valence-electron chi connectivity index (χ0n) is 17.1. The first-order chi connectivity index (χ1) is 13.8. The van der Waals surface area contributed by atoms with Gasteiger partial charge in [0.2, 0.25) is 10.0 Å². The molecule has 2 aromatic carbocycles. The van der Waals surface area contributed by atoms with Gasteiger partial charge in [0.15, 0.2) is 0 Å². The summed E-state index contributed by atoms with van der Waals surface area (Å²) in [6.45, 7) is 6.31. The van der Waals surface area contributed by atoms with Gasteiger partial charge in [0.1, 0.15) is 10.7 Å². The Balaban J connectivity index is 1.92. The summed E-state index contributed by atoms with van der Waals surface area (Å²) in [5.74, 6) is -1.12. The van der Waals surface area contributed by atoms with Crippen molar-refractivity contribution < 1.29 is 17.6 Å². The molecule has 1 aliphatic rings. The third-order valence-electron chi connectivity index (χ3n) is 5.22. The first-order valence-electron chi connectivity index (χ1n) is 9.94. The Morgan fingerprint density at radius 3 is 2.24 bits per heavy atom. The normalized spacial score (nSPS) is 14.2. The molecule has 0 spiro atoms. The average Bonchev–Trinajstić information content (AvgIpc) is 3.53. The van der Waals surface area contributed by atoms with Crippen LogP contribution < -0.4 is 0 Å². The lowest BCUT2D eigenvalue weighted by atomic mass is 10.1. The van der Waals surface area contributed by atoms with Crippen molar-refractivity contribution in [3.8, 4) is 0 Å². The Kier molecular flexibility index (Phi) is 6.39. The van der Waals surface area contributed by atoms with Crippen molar-refractivity contribution in [3.05, 3.63) is 65.0 Å². The summed E-state index contributed by atoms with van der Waals surface area (Å²) in [6, 6.07) is 11.7. The highest BCUT2D eigenvalue weighted by Gasteiger charge is 2.34.